The topological polar surface area (TPSA) is 105 Å². The van der Waals surface area contributed by atoms with Crippen molar-refractivity contribution in [1.29, 1.82) is 0 Å². The van der Waals surface area contributed by atoms with Crippen LogP contribution in [0.2, 0.25) is 0 Å². The number of thiazole rings is 1. The Labute approximate surface area is 133 Å². The lowest BCUT2D eigenvalue weighted by Gasteiger charge is -1.92. The zero-order valence-electron chi connectivity index (χ0n) is 11.6. The lowest BCUT2D eigenvalue weighted by Crippen LogP contribution is -1.94. The van der Waals surface area contributed by atoms with Crippen molar-refractivity contribution in [2.75, 3.05) is 0 Å². The van der Waals surface area contributed by atoms with Crippen LogP contribution < -0.4 is 0 Å². The molecule has 112 valence electrons. The minimum absolute atomic E-state index is 0.212. The zero-order valence-corrected chi connectivity index (χ0v) is 12.4. The number of aromatic carboxylic acids is 1. The van der Waals surface area contributed by atoms with Crippen molar-refractivity contribution in [2.24, 2.45) is 0 Å². The summed E-state index contributed by atoms with van der Waals surface area (Å²) in [4.78, 5) is 31.4. The van der Waals surface area contributed by atoms with Gasteiger partial charge in [-0.3, -0.25) is 0 Å². The van der Waals surface area contributed by atoms with Crippen molar-refractivity contribution in [3.63, 3.8) is 0 Å². The van der Waals surface area contributed by atoms with Crippen LogP contribution in [0.15, 0.2) is 42.0 Å². The Balaban J connectivity index is 1.75. The first-order chi connectivity index (χ1) is 11.2. The summed E-state index contributed by atoms with van der Waals surface area (Å²) in [5.74, 6) is 0.175. The third-order valence-corrected chi connectivity index (χ3v) is 4.07. The van der Waals surface area contributed by atoms with E-state index in [9.17, 15) is 4.79 Å². The van der Waals surface area contributed by atoms with Gasteiger partial charge in [-0.15, -0.1) is 11.3 Å². The molecule has 0 saturated carbocycles. The summed E-state index contributed by atoms with van der Waals surface area (Å²) >= 11 is 1.43. The van der Waals surface area contributed by atoms with E-state index in [4.69, 9.17) is 5.11 Å². The molecule has 0 bridgehead atoms. The summed E-state index contributed by atoms with van der Waals surface area (Å²) < 4.78 is 0. The Morgan fingerprint density at radius 2 is 2.00 bits per heavy atom. The number of carbonyl (C=O) groups is 1. The SMILES string of the molecule is O=C(O)c1ccc2nc(-c3csc(-c4ncccn4)n3)[nH]c2c1. The molecule has 23 heavy (non-hydrogen) atoms. The van der Waals surface area contributed by atoms with Gasteiger partial charge in [0.05, 0.1) is 16.6 Å². The highest BCUT2D eigenvalue weighted by Crippen LogP contribution is 2.26. The van der Waals surface area contributed by atoms with Crippen LogP contribution in [-0.2, 0) is 0 Å². The number of fused-ring (bicyclic) bond motifs is 1. The first-order valence-electron chi connectivity index (χ1n) is 6.67. The van der Waals surface area contributed by atoms with Crippen LogP contribution in [0.4, 0.5) is 0 Å². The van der Waals surface area contributed by atoms with Crippen LogP contribution in [0.5, 0.6) is 0 Å². The Bertz CT molecular complexity index is 1010. The zero-order chi connectivity index (χ0) is 15.8. The number of aromatic nitrogens is 5. The van der Waals surface area contributed by atoms with Crippen molar-refractivity contribution in [3.05, 3.63) is 47.6 Å². The van der Waals surface area contributed by atoms with E-state index in [1.165, 1.54) is 17.4 Å². The molecule has 1 aromatic carbocycles. The highest BCUT2D eigenvalue weighted by molar-refractivity contribution is 7.13. The lowest BCUT2D eigenvalue weighted by atomic mass is 10.2. The molecule has 8 heteroatoms. The normalized spacial score (nSPS) is 11.0. The fourth-order valence-electron chi connectivity index (χ4n) is 2.16. The third-order valence-electron chi connectivity index (χ3n) is 3.23. The molecule has 3 aromatic heterocycles. The molecule has 0 radical (unpaired) electrons. The van der Waals surface area contributed by atoms with Crippen LogP contribution >= 0.6 is 11.3 Å². The molecule has 0 unspecified atom stereocenters. The minimum Gasteiger partial charge on any atom is -0.478 e. The van der Waals surface area contributed by atoms with Gasteiger partial charge in [-0.1, -0.05) is 0 Å². The number of aromatic amines is 1. The van der Waals surface area contributed by atoms with Crippen LogP contribution in [0.25, 0.3) is 33.4 Å². The second kappa shape index (κ2) is 5.25. The Hall–Kier alpha value is -3.13. The van der Waals surface area contributed by atoms with Crippen LogP contribution in [0.1, 0.15) is 10.4 Å². The van der Waals surface area contributed by atoms with E-state index in [1.54, 1.807) is 30.6 Å². The number of rotatable bonds is 3. The van der Waals surface area contributed by atoms with E-state index >= 15 is 0 Å². The molecular weight excluding hydrogens is 314 g/mol. The number of carboxylic acid groups (broad SMARTS) is 1. The Morgan fingerprint density at radius 1 is 1.17 bits per heavy atom. The maximum Gasteiger partial charge on any atom is 0.335 e. The minimum atomic E-state index is -0.972. The smallest absolute Gasteiger partial charge is 0.335 e. The van der Waals surface area contributed by atoms with Crippen molar-refractivity contribution in [2.45, 2.75) is 0 Å². The molecule has 0 aliphatic rings. The highest BCUT2D eigenvalue weighted by atomic mass is 32.1. The maximum atomic E-state index is 11.0. The second-order valence-electron chi connectivity index (χ2n) is 4.73. The predicted octanol–water partition coefficient (Wildman–Crippen LogP) is 2.84. The van der Waals surface area contributed by atoms with E-state index < -0.39 is 5.97 Å². The largest absolute Gasteiger partial charge is 0.478 e. The van der Waals surface area contributed by atoms with Gasteiger partial charge in [0, 0.05) is 17.8 Å². The number of nitrogens with zero attached hydrogens (tertiary/aromatic N) is 4. The summed E-state index contributed by atoms with van der Waals surface area (Å²) in [6.07, 6.45) is 3.33. The van der Waals surface area contributed by atoms with E-state index in [-0.39, 0.29) is 5.56 Å². The summed E-state index contributed by atoms with van der Waals surface area (Å²) in [6, 6.07) is 6.50. The van der Waals surface area contributed by atoms with E-state index in [2.05, 4.69) is 24.9 Å². The molecule has 0 aliphatic carbocycles. The van der Waals surface area contributed by atoms with Gasteiger partial charge in [-0.2, -0.15) is 0 Å². The fraction of sp³-hybridized carbons (Fsp3) is 0. The highest BCUT2D eigenvalue weighted by Gasteiger charge is 2.13. The number of H-pyrrole nitrogens is 1. The van der Waals surface area contributed by atoms with Crippen molar-refractivity contribution < 1.29 is 9.90 Å². The number of imidazole rings is 1. The number of nitrogens with one attached hydrogen (secondary N) is 1. The molecule has 0 fully saturated rings. The first kappa shape index (κ1) is 13.5. The van der Waals surface area contributed by atoms with E-state index in [0.717, 1.165) is 0 Å². The standard InChI is InChI=1S/C15H9N5O2S/c21-15(22)8-2-3-9-10(6-8)19-12(18-9)11-7-23-14(20-11)13-16-4-1-5-17-13/h1-7H,(H,18,19)(H,21,22). The molecule has 4 aromatic rings. The van der Waals surface area contributed by atoms with Gasteiger partial charge in [0.1, 0.15) is 5.69 Å². The van der Waals surface area contributed by atoms with Crippen LogP contribution in [0, 0.1) is 0 Å². The Kier molecular flexibility index (Phi) is 3.09. The van der Waals surface area contributed by atoms with E-state index in [1.807, 2.05) is 5.38 Å². The van der Waals surface area contributed by atoms with Gasteiger partial charge in [0.15, 0.2) is 16.7 Å². The van der Waals surface area contributed by atoms with Crippen LogP contribution in [-0.4, -0.2) is 36.0 Å². The number of hydrogen-bond acceptors (Lipinski definition) is 6. The average molecular weight is 323 g/mol. The van der Waals surface area contributed by atoms with Gasteiger partial charge in [-0.25, -0.2) is 24.7 Å². The third kappa shape index (κ3) is 2.44. The summed E-state index contributed by atoms with van der Waals surface area (Å²) in [5, 5.41) is 11.6. The molecule has 0 amide bonds. The average Bonchev–Trinajstić information content (AvgIpc) is 3.21. The molecule has 0 aliphatic heterocycles. The van der Waals surface area contributed by atoms with Crippen molar-refractivity contribution in [1.82, 2.24) is 24.9 Å². The molecule has 7 nitrogen and oxygen atoms in total. The number of benzene rings is 1. The second-order valence-corrected chi connectivity index (χ2v) is 5.59. The monoisotopic (exact) mass is 323 g/mol. The first-order valence-corrected chi connectivity index (χ1v) is 7.55. The summed E-state index contributed by atoms with van der Waals surface area (Å²) in [7, 11) is 0. The molecule has 0 atom stereocenters. The Morgan fingerprint density at radius 3 is 2.78 bits per heavy atom. The maximum absolute atomic E-state index is 11.0. The lowest BCUT2D eigenvalue weighted by molar-refractivity contribution is 0.0697. The van der Waals surface area contributed by atoms with Crippen molar-refractivity contribution >= 4 is 28.3 Å². The van der Waals surface area contributed by atoms with Crippen molar-refractivity contribution in [3.8, 4) is 22.4 Å². The molecule has 0 saturated heterocycles. The van der Waals surface area contributed by atoms with Gasteiger partial charge in [-0.05, 0) is 24.3 Å². The molecule has 0 spiro atoms. The molecular formula is C15H9N5O2S. The molecule has 3 heterocycles. The van der Waals surface area contributed by atoms with Gasteiger partial charge >= 0.3 is 5.97 Å². The molecule has 4 rings (SSSR count). The van der Waals surface area contributed by atoms with Gasteiger partial charge in [0.2, 0.25) is 0 Å². The fourth-order valence-corrected chi connectivity index (χ4v) is 2.91. The predicted molar refractivity (Wildman–Crippen MR) is 85.2 cm³/mol. The summed E-state index contributed by atoms with van der Waals surface area (Å²) in [5.41, 5.74) is 2.23. The van der Waals surface area contributed by atoms with E-state index in [0.29, 0.717) is 33.4 Å². The number of carboxylic acids is 1. The van der Waals surface area contributed by atoms with Gasteiger partial charge < -0.3 is 10.1 Å². The van der Waals surface area contributed by atoms with Gasteiger partial charge in [0.25, 0.3) is 0 Å². The molecule has 2 N–H and O–H groups in total. The number of hydrogen-bond donors (Lipinski definition) is 2. The van der Waals surface area contributed by atoms with Crippen LogP contribution in [0.3, 0.4) is 0 Å². The summed E-state index contributed by atoms with van der Waals surface area (Å²) in [6.45, 7) is 0. The quantitative estimate of drug-likeness (QED) is 0.600.